The zero-order chi connectivity index (χ0) is 29.8. The van der Waals surface area contributed by atoms with Gasteiger partial charge < -0.3 is 14.8 Å². The van der Waals surface area contributed by atoms with Crippen molar-refractivity contribution >= 4 is 49.0 Å². The van der Waals surface area contributed by atoms with Crippen molar-refractivity contribution in [2.45, 2.75) is 65.6 Å². The molecular formula is C28H35IN3O7P. The summed E-state index contributed by atoms with van der Waals surface area (Å²) in [4.78, 5) is 40.6. The van der Waals surface area contributed by atoms with Crippen molar-refractivity contribution in [2.75, 3.05) is 13.2 Å². The Morgan fingerprint density at radius 2 is 1.55 bits per heavy atom. The molecule has 1 aliphatic rings. The highest BCUT2D eigenvalue weighted by Gasteiger charge is 2.30. The molecule has 0 fully saturated rings. The SMILES string of the molecule is CC(CCOOI)OP(OCCC#N)N(C(C)C)C(C)C.NC(=O)c1ccc2c(c1)C(=O)c1ccccc1C2=O. The number of amides is 1. The van der Waals surface area contributed by atoms with Crippen LogP contribution in [0.25, 0.3) is 0 Å². The first kappa shape index (κ1) is 33.9. The molecule has 0 bridgehead atoms. The second-order valence-corrected chi connectivity index (χ2v) is 11.2. The fraction of sp³-hybridized carbons (Fsp3) is 0.429. The number of ketones is 2. The minimum atomic E-state index is -1.19. The summed E-state index contributed by atoms with van der Waals surface area (Å²) in [5.41, 5.74) is 6.72. The van der Waals surface area contributed by atoms with Gasteiger partial charge in [-0.25, -0.2) is 9.56 Å². The maximum absolute atomic E-state index is 12.3. The molecule has 0 saturated carbocycles. The van der Waals surface area contributed by atoms with Crippen LogP contribution in [0.5, 0.6) is 0 Å². The van der Waals surface area contributed by atoms with Crippen molar-refractivity contribution in [3.8, 4) is 6.07 Å². The van der Waals surface area contributed by atoms with Crippen LogP contribution >= 0.6 is 31.5 Å². The van der Waals surface area contributed by atoms with E-state index in [4.69, 9.17) is 24.9 Å². The summed E-state index contributed by atoms with van der Waals surface area (Å²) in [6.45, 7) is 11.3. The van der Waals surface area contributed by atoms with Crippen molar-refractivity contribution in [2.24, 2.45) is 5.73 Å². The second kappa shape index (κ2) is 16.8. The van der Waals surface area contributed by atoms with Gasteiger partial charge in [-0.05, 0) is 52.8 Å². The number of halogens is 1. The first-order chi connectivity index (χ1) is 19.0. The van der Waals surface area contributed by atoms with Crippen LogP contribution in [0.3, 0.4) is 0 Å². The normalized spacial score (nSPS) is 13.8. The number of nitrogens with zero attached hydrogens (tertiary/aromatic N) is 2. The Kier molecular flexibility index (Phi) is 14.3. The largest absolute Gasteiger partial charge is 0.366 e. The molecule has 0 aliphatic heterocycles. The van der Waals surface area contributed by atoms with Crippen LogP contribution in [0.2, 0.25) is 0 Å². The summed E-state index contributed by atoms with van der Waals surface area (Å²) in [6, 6.07) is 13.7. The molecule has 2 unspecified atom stereocenters. The van der Waals surface area contributed by atoms with Gasteiger partial charge in [0.05, 0.1) is 31.8 Å². The number of nitriles is 1. The lowest BCUT2D eigenvalue weighted by molar-refractivity contribution is -0.170. The predicted molar refractivity (Wildman–Crippen MR) is 160 cm³/mol. The first-order valence-corrected chi connectivity index (χ1v) is 14.8. The predicted octanol–water partition coefficient (Wildman–Crippen LogP) is 5.92. The van der Waals surface area contributed by atoms with Crippen LogP contribution in [0, 0.1) is 11.3 Å². The van der Waals surface area contributed by atoms with E-state index in [1.807, 2.05) is 6.92 Å². The maximum atomic E-state index is 12.3. The van der Waals surface area contributed by atoms with Crippen LogP contribution in [0.15, 0.2) is 42.5 Å². The Balaban J connectivity index is 0.000000281. The molecule has 216 valence electrons. The van der Waals surface area contributed by atoms with Crippen LogP contribution in [0.1, 0.15) is 89.7 Å². The lowest BCUT2D eigenvalue weighted by Gasteiger charge is -2.36. The third-order valence-electron chi connectivity index (χ3n) is 5.79. The minimum Gasteiger partial charge on any atom is -0.366 e. The molecule has 2 N–H and O–H groups in total. The maximum Gasteiger partial charge on any atom is 0.259 e. The Morgan fingerprint density at radius 1 is 0.975 bits per heavy atom. The van der Waals surface area contributed by atoms with E-state index in [2.05, 4.69) is 41.7 Å². The number of fused-ring (bicyclic) bond motifs is 2. The number of hydrogen-bond acceptors (Lipinski definition) is 9. The highest BCUT2D eigenvalue weighted by Crippen LogP contribution is 2.47. The van der Waals surface area contributed by atoms with Gasteiger partial charge in [-0.2, -0.15) is 8.48 Å². The summed E-state index contributed by atoms with van der Waals surface area (Å²) in [5.74, 6) is -1.09. The molecule has 0 saturated heterocycles. The number of rotatable bonds is 13. The lowest BCUT2D eigenvalue weighted by atomic mass is 9.83. The van der Waals surface area contributed by atoms with Gasteiger partial charge in [0.2, 0.25) is 5.91 Å². The lowest BCUT2D eigenvalue weighted by Crippen LogP contribution is -2.34. The fourth-order valence-corrected chi connectivity index (χ4v) is 5.90. The van der Waals surface area contributed by atoms with Gasteiger partial charge >= 0.3 is 0 Å². The quantitative estimate of drug-likeness (QED) is 0.0765. The van der Waals surface area contributed by atoms with Gasteiger partial charge in [0.1, 0.15) is 0 Å². The molecule has 10 nitrogen and oxygen atoms in total. The molecule has 12 heteroatoms. The fourth-order valence-electron chi connectivity index (χ4n) is 4.00. The van der Waals surface area contributed by atoms with Gasteiger partial charge in [0, 0.05) is 46.3 Å². The van der Waals surface area contributed by atoms with Gasteiger partial charge in [-0.3, -0.25) is 14.4 Å². The number of hydrogen-bond donors (Lipinski definition) is 1. The van der Waals surface area contributed by atoms with Crippen LogP contribution in [-0.4, -0.2) is 53.5 Å². The monoisotopic (exact) mass is 683 g/mol. The molecule has 0 spiro atoms. The van der Waals surface area contributed by atoms with E-state index >= 15 is 0 Å². The zero-order valence-electron chi connectivity index (χ0n) is 23.3. The molecule has 2 atom stereocenters. The van der Waals surface area contributed by atoms with E-state index in [9.17, 15) is 14.4 Å². The summed E-state index contributed by atoms with van der Waals surface area (Å²) in [5, 5.41) is 8.65. The molecule has 2 aromatic carbocycles. The van der Waals surface area contributed by atoms with Gasteiger partial charge in [0.25, 0.3) is 8.53 Å². The number of carbonyl (C=O) groups excluding carboxylic acids is 3. The summed E-state index contributed by atoms with van der Waals surface area (Å²) < 4.78 is 18.6. The molecule has 3 rings (SSSR count). The average molecular weight is 683 g/mol. The number of benzene rings is 2. The molecule has 0 aromatic heterocycles. The Morgan fingerprint density at radius 3 is 2.08 bits per heavy atom. The number of primary amides is 1. The van der Waals surface area contributed by atoms with E-state index in [1.54, 1.807) is 47.3 Å². The summed E-state index contributed by atoms with van der Waals surface area (Å²) in [7, 11) is -1.19. The van der Waals surface area contributed by atoms with Crippen molar-refractivity contribution in [1.29, 1.82) is 5.26 Å². The highest BCUT2D eigenvalue weighted by molar-refractivity contribution is 14.1. The molecule has 1 aliphatic carbocycles. The Labute approximate surface area is 250 Å². The van der Waals surface area contributed by atoms with Crippen molar-refractivity contribution < 1.29 is 31.5 Å². The number of nitrogens with two attached hydrogens (primary N) is 1. The topological polar surface area (TPSA) is 141 Å². The van der Waals surface area contributed by atoms with Crippen molar-refractivity contribution in [3.63, 3.8) is 0 Å². The van der Waals surface area contributed by atoms with Crippen LogP contribution < -0.4 is 5.73 Å². The second-order valence-electron chi connectivity index (χ2n) is 9.46. The van der Waals surface area contributed by atoms with Gasteiger partial charge in [-0.1, -0.05) is 24.3 Å². The first-order valence-electron chi connectivity index (χ1n) is 12.8. The Bertz CT molecular complexity index is 1210. The van der Waals surface area contributed by atoms with Crippen molar-refractivity contribution in [1.82, 2.24) is 4.67 Å². The summed E-state index contributed by atoms with van der Waals surface area (Å²) >= 11 is 1.69. The van der Waals surface area contributed by atoms with E-state index in [0.717, 1.165) is 0 Å². The molecule has 40 heavy (non-hydrogen) atoms. The van der Waals surface area contributed by atoms with E-state index < -0.39 is 14.4 Å². The molecule has 2 aromatic rings. The smallest absolute Gasteiger partial charge is 0.259 e. The van der Waals surface area contributed by atoms with Gasteiger partial charge in [0.15, 0.2) is 34.6 Å². The highest BCUT2D eigenvalue weighted by atomic mass is 127. The Hall–Kier alpha value is -2.30. The van der Waals surface area contributed by atoms with E-state index in [-0.39, 0.29) is 28.8 Å². The van der Waals surface area contributed by atoms with E-state index in [1.165, 1.54) is 18.2 Å². The standard InChI is InChI=1S/C15H9NO3.C13H26IN2O4P/c16-15(19)8-5-6-11-12(7-8)14(18)10-4-2-1-3-9(10)13(11)17;1-11(2)16(12(3)4)21(18-9-6-8-15)19-13(5)7-10-17-20-14/h1-7H,(H2,16,19);11-13H,6-7,9-10H2,1-5H3. The number of carbonyl (C=O) groups is 3. The summed E-state index contributed by atoms with van der Waals surface area (Å²) in [6.07, 6.45) is 1.07. The molecule has 0 heterocycles. The minimum absolute atomic E-state index is 0.00949. The molecular weight excluding hydrogens is 648 g/mol. The van der Waals surface area contributed by atoms with Crippen molar-refractivity contribution in [3.05, 3.63) is 70.3 Å². The van der Waals surface area contributed by atoms with Gasteiger partial charge in [-0.15, -0.1) is 0 Å². The van der Waals surface area contributed by atoms with Crippen LogP contribution in [0.4, 0.5) is 0 Å². The average Bonchev–Trinajstić information content (AvgIpc) is 2.91. The third kappa shape index (κ3) is 9.38. The van der Waals surface area contributed by atoms with E-state index in [0.29, 0.717) is 54.8 Å². The van der Waals surface area contributed by atoms with Crippen LogP contribution in [-0.2, 0) is 17.2 Å². The molecule has 1 amide bonds. The molecule has 0 radical (unpaired) electrons. The third-order valence-corrected chi connectivity index (χ3v) is 8.29. The zero-order valence-corrected chi connectivity index (χ0v) is 26.3.